The number of hydrogen-bond acceptors (Lipinski definition) is 9. The summed E-state index contributed by atoms with van der Waals surface area (Å²) in [6.07, 6.45) is 20.3. The highest BCUT2D eigenvalue weighted by atomic mass is 16.6. The molecule has 0 radical (unpaired) electrons. The van der Waals surface area contributed by atoms with Crippen molar-refractivity contribution in [1.29, 1.82) is 0 Å². The van der Waals surface area contributed by atoms with Gasteiger partial charge < -0.3 is 38.5 Å². The molecule has 0 amide bonds. The van der Waals surface area contributed by atoms with E-state index in [-0.39, 0.29) is 5.97 Å². The van der Waals surface area contributed by atoms with Gasteiger partial charge in [-0.1, -0.05) is 96.8 Å². The summed E-state index contributed by atoms with van der Waals surface area (Å²) in [7, 11) is 1.90. The van der Waals surface area contributed by atoms with Gasteiger partial charge in [0.15, 0.2) is 0 Å². The van der Waals surface area contributed by atoms with Crippen molar-refractivity contribution in [2.75, 3.05) is 99.5 Å². The van der Waals surface area contributed by atoms with Crippen LogP contribution in [-0.2, 0) is 38.0 Å². The first-order valence-corrected chi connectivity index (χ1v) is 17.1. The molecule has 0 heterocycles. The molecule has 0 aromatic carbocycles. The average Bonchev–Trinajstić information content (AvgIpc) is 3.00. The molecule has 0 aliphatic carbocycles. The number of carbonyl (C=O) groups is 1. The molecule has 0 aliphatic heterocycles. The zero-order valence-corrected chi connectivity index (χ0v) is 27.5. The molecule has 0 fully saturated rings. The number of hydrogen-bond donors (Lipinski definition) is 1. The van der Waals surface area contributed by atoms with E-state index in [4.69, 9.17) is 33.2 Å². The lowest BCUT2D eigenvalue weighted by molar-refractivity contribution is -0.145. The number of esters is 1. The van der Waals surface area contributed by atoms with Gasteiger partial charge in [-0.05, 0) is 13.5 Å². The van der Waals surface area contributed by atoms with Crippen LogP contribution >= 0.6 is 0 Å². The minimum atomic E-state index is -0.122. The van der Waals surface area contributed by atoms with Crippen LogP contribution in [0.2, 0.25) is 0 Å². The smallest absolute Gasteiger partial charge is 0.305 e. The van der Waals surface area contributed by atoms with E-state index < -0.39 is 0 Å². The molecule has 0 saturated heterocycles. The fourth-order valence-corrected chi connectivity index (χ4v) is 4.30. The molecule has 0 unspecified atom stereocenters. The first-order chi connectivity index (χ1) is 20.8. The predicted octanol–water partition coefficient (Wildman–Crippen LogP) is 6.11. The average molecular weight is 606 g/mol. The molecule has 1 N–H and O–H groups in total. The van der Waals surface area contributed by atoms with Gasteiger partial charge in [-0.15, -0.1) is 0 Å². The highest BCUT2D eigenvalue weighted by Gasteiger charge is 2.03. The van der Waals surface area contributed by atoms with Crippen molar-refractivity contribution >= 4 is 5.97 Å². The molecule has 0 atom stereocenters. The third-order valence-corrected chi connectivity index (χ3v) is 6.83. The molecule has 0 spiro atoms. The Balaban J connectivity index is 3.13. The zero-order valence-electron chi connectivity index (χ0n) is 27.5. The zero-order chi connectivity index (χ0) is 30.4. The largest absolute Gasteiger partial charge is 0.463 e. The van der Waals surface area contributed by atoms with Gasteiger partial charge >= 0.3 is 5.97 Å². The summed E-state index contributed by atoms with van der Waals surface area (Å²) in [5, 5.41) is 3.02. The lowest BCUT2D eigenvalue weighted by atomic mass is 10.0. The molecular formula is C33H67NO8. The topological polar surface area (TPSA) is 93.7 Å². The molecule has 9 nitrogen and oxygen atoms in total. The Morgan fingerprint density at radius 3 is 1.10 bits per heavy atom. The second kappa shape index (κ2) is 38.2. The highest BCUT2D eigenvalue weighted by Crippen LogP contribution is 2.13. The van der Waals surface area contributed by atoms with Crippen LogP contribution in [0, 0.1) is 0 Å². The monoisotopic (exact) mass is 605 g/mol. The number of rotatable bonds is 37. The van der Waals surface area contributed by atoms with E-state index >= 15 is 0 Å². The summed E-state index contributed by atoms with van der Waals surface area (Å²) in [6.45, 7) is 9.83. The Labute approximate surface area is 258 Å². The molecule has 0 aliphatic rings. The minimum Gasteiger partial charge on any atom is -0.463 e. The van der Waals surface area contributed by atoms with Gasteiger partial charge in [-0.3, -0.25) is 4.79 Å². The van der Waals surface area contributed by atoms with Crippen LogP contribution < -0.4 is 5.32 Å². The van der Waals surface area contributed by atoms with Crippen molar-refractivity contribution in [2.24, 2.45) is 0 Å². The molecule has 9 heteroatoms. The summed E-state index contributed by atoms with van der Waals surface area (Å²) in [6, 6.07) is 0. The van der Waals surface area contributed by atoms with Gasteiger partial charge in [0.05, 0.1) is 79.3 Å². The van der Waals surface area contributed by atoms with Crippen LogP contribution in [0.5, 0.6) is 0 Å². The van der Waals surface area contributed by atoms with Crippen molar-refractivity contribution < 1.29 is 38.0 Å². The van der Waals surface area contributed by atoms with Crippen LogP contribution in [0.4, 0.5) is 0 Å². The van der Waals surface area contributed by atoms with E-state index in [0.717, 1.165) is 19.4 Å². The van der Waals surface area contributed by atoms with Gasteiger partial charge in [0, 0.05) is 13.0 Å². The van der Waals surface area contributed by atoms with Crippen LogP contribution in [0.1, 0.15) is 110 Å². The molecule has 0 aromatic heterocycles. The second-order valence-corrected chi connectivity index (χ2v) is 10.7. The van der Waals surface area contributed by atoms with E-state index in [1.165, 1.54) is 83.5 Å². The lowest BCUT2D eigenvalue weighted by Crippen LogP contribution is -2.17. The Morgan fingerprint density at radius 2 is 0.738 bits per heavy atom. The van der Waals surface area contributed by atoms with E-state index in [2.05, 4.69) is 12.2 Å². The normalized spacial score (nSPS) is 11.4. The number of likely N-dealkylation sites (N-methyl/N-ethyl adjacent to an activating group) is 1. The van der Waals surface area contributed by atoms with Gasteiger partial charge in [-0.25, -0.2) is 0 Å². The molecule has 0 bridgehead atoms. The number of carbonyl (C=O) groups excluding carboxylic acids is 1. The fourth-order valence-electron chi connectivity index (χ4n) is 4.30. The molecule has 0 rings (SSSR count). The summed E-state index contributed by atoms with van der Waals surface area (Å²) < 4.78 is 37.9. The van der Waals surface area contributed by atoms with Crippen molar-refractivity contribution in [3.05, 3.63) is 0 Å². The molecular weight excluding hydrogens is 538 g/mol. The number of nitrogens with one attached hydrogen (secondary N) is 1. The maximum atomic E-state index is 11.8. The van der Waals surface area contributed by atoms with E-state index in [1.54, 1.807) is 0 Å². The maximum absolute atomic E-state index is 11.8. The predicted molar refractivity (Wildman–Crippen MR) is 169 cm³/mol. The lowest BCUT2D eigenvalue weighted by Gasteiger charge is -2.08. The second-order valence-electron chi connectivity index (χ2n) is 10.7. The van der Waals surface area contributed by atoms with E-state index in [1.807, 2.05) is 7.05 Å². The first kappa shape index (κ1) is 41.2. The summed E-state index contributed by atoms with van der Waals surface area (Å²) in [4.78, 5) is 11.8. The van der Waals surface area contributed by atoms with Gasteiger partial charge in [0.25, 0.3) is 0 Å². The SMILES string of the molecule is CCCCCCCCCCCCCCCCCC(=O)OCCOCCOCCOCCOCCOCCOCCNC. The van der Waals surface area contributed by atoms with E-state index in [0.29, 0.717) is 92.3 Å². The Bertz CT molecular complexity index is 512. The standard InChI is InChI=1S/C33H67NO8/c1-3-4-5-6-7-8-9-10-11-12-13-14-15-16-17-18-33(35)42-32-31-41-30-29-40-28-27-39-26-25-38-24-23-37-22-21-36-20-19-34-2/h34H,3-32H2,1-2H3. The molecule has 0 saturated carbocycles. The van der Waals surface area contributed by atoms with Gasteiger partial charge in [0.1, 0.15) is 6.61 Å². The van der Waals surface area contributed by atoms with Crippen molar-refractivity contribution in [1.82, 2.24) is 5.32 Å². The van der Waals surface area contributed by atoms with Gasteiger partial charge in [-0.2, -0.15) is 0 Å². The number of unbranched alkanes of at least 4 members (excludes halogenated alkanes) is 14. The van der Waals surface area contributed by atoms with Crippen molar-refractivity contribution in [3.8, 4) is 0 Å². The number of ether oxygens (including phenoxy) is 7. The van der Waals surface area contributed by atoms with Crippen molar-refractivity contribution in [2.45, 2.75) is 110 Å². The van der Waals surface area contributed by atoms with Crippen LogP contribution in [0.15, 0.2) is 0 Å². The molecule has 252 valence electrons. The maximum Gasteiger partial charge on any atom is 0.305 e. The highest BCUT2D eigenvalue weighted by molar-refractivity contribution is 5.69. The van der Waals surface area contributed by atoms with E-state index in [9.17, 15) is 4.79 Å². The minimum absolute atomic E-state index is 0.122. The summed E-state index contributed by atoms with van der Waals surface area (Å²) in [5.74, 6) is -0.122. The third kappa shape index (κ3) is 37.2. The van der Waals surface area contributed by atoms with Crippen LogP contribution in [0.25, 0.3) is 0 Å². The van der Waals surface area contributed by atoms with Crippen LogP contribution in [-0.4, -0.2) is 105 Å². The Kier molecular flexibility index (Phi) is 37.5. The van der Waals surface area contributed by atoms with Crippen molar-refractivity contribution in [3.63, 3.8) is 0 Å². The quantitative estimate of drug-likeness (QED) is 0.0665. The Hall–Kier alpha value is -0.810. The van der Waals surface area contributed by atoms with Gasteiger partial charge in [0.2, 0.25) is 0 Å². The third-order valence-electron chi connectivity index (χ3n) is 6.83. The molecule has 42 heavy (non-hydrogen) atoms. The summed E-state index contributed by atoms with van der Waals surface area (Å²) in [5.41, 5.74) is 0. The molecule has 0 aromatic rings. The van der Waals surface area contributed by atoms with Crippen LogP contribution in [0.3, 0.4) is 0 Å². The fraction of sp³-hybridized carbons (Fsp3) is 0.970. The summed E-state index contributed by atoms with van der Waals surface area (Å²) >= 11 is 0. The Morgan fingerprint density at radius 1 is 0.429 bits per heavy atom. The first-order valence-electron chi connectivity index (χ1n) is 17.1.